The number of sulfone groups is 1. The Bertz CT molecular complexity index is 656. The number of nitrogens with zero attached hydrogens (tertiary/aromatic N) is 1. The van der Waals surface area contributed by atoms with Crippen LogP contribution >= 0.6 is 0 Å². The number of sulfonamides is 1. The summed E-state index contributed by atoms with van der Waals surface area (Å²) in [4.78, 5) is 0.147. The molecule has 2 heterocycles. The molecule has 0 bridgehead atoms. The monoisotopic (exact) mass is 307 g/mol. The van der Waals surface area contributed by atoms with Crippen LogP contribution in [0.3, 0.4) is 0 Å². The van der Waals surface area contributed by atoms with Gasteiger partial charge in [0, 0.05) is 6.54 Å². The summed E-state index contributed by atoms with van der Waals surface area (Å²) in [5.41, 5.74) is 0.882. The predicted octanol–water partition coefficient (Wildman–Crippen LogP) is -0.260. The van der Waals surface area contributed by atoms with Gasteiger partial charge < -0.3 is 0 Å². The highest BCUT2D eigenvalue weighted by Gasteiger charge is 2.30. The summed E-state index contributed by atoms with van der Waals surface area (Å²) in [6.45, 7) is 3.39. The van der Waals surface area contributed by atoms with Gasteiger partial charge in [-0.3, -0.25) is 5.10 Å². The average Bonchev–Trinajstić information content (AvgIpc) is 2.79. The van der Waals surface area contributed by atoms with Crippen molar-refractivity contribution in [2.24, 2.45) is 5.92 Å². The van der Waals surface area contributed by atoms with Crippen LogP contribution < -0.4 is 4.72 Å². The lowest BCUT2D eigenvalue weighted by Gasteiger charge is -2.10. The molecule has 1 unspecified atom stereocenters. The number of aromatic nitrogens is 2. The Labute approximate surface area is 112 Å². The van der Waals surface area contributed by atoms with E-state index in [2.05, 4.69) is 14.9 Å². The third-order valence-corrected chi connectivity index (χ3v) is 6.74. The average molecular weight is 307 g/mol. The van der Waals surface area contributed by atoms with Crippen LogP contribution in [-0.4, -0.2) is 45.1 Å². The van der Waals surface area contributed by atoms with Crippen LogP contribution in [0.4, 0.5) is 0 Å². The van der Waals surface area contributed by atoms with Crippen LogP contribution in [0.2, 0.25) is 0 Å². The minimum absolute atomic E-state index is 0.0544. The van der Waals surface area contributed by atoms with E-state index < -0.39 is 19.9 Å². The van der Waals surface area contributed by atoms with Crippen molar-refractivity contribution in [3.8, 4) is 0 Å². The van der Waals surface area contributed by atoms with Crippen molar-refractivity contribution < 1.29 is 16.8 Å². The molecule has 1 aliphatic rings. The smallest absolute Gasteiger partial charge is 0.244 e. The maximum absolute atomic E-state index is 12.1. The fourth-order valence-corrected chi connectivity index (χ4v) is 5.61. The zero-order valence-corrected chi connectivity index (χ0v) is 12.4. The SMILES string of the molecule is Cc1n[nH]c(C)c1S(=O)(=O)NCC1CCS(=O)(=O)C1. The Balaban J connectivity index is 2.07. The first kappa shape index (κ1) is 14.5. The van der Waals surface area contributed by atoms with Crippen molar-refractivity contribution in [2.75, 3.05) is 18.1 Å². The number of aryl methyl sites for hydroxylation is 2. The van der Waals surface area contributed by atoms with Gasteiger partial charge in [0.15, 0.2) is 9.84 Å². The molecule has 1 aromatic rings. The second-order valence-electron chi connectivity index (χ2n) is 4.88. The van der Waals surface area contributed by atoms with Gasteiger partial charge in [-0.2, -0.15) is 5.10 Å². The van der Waals surface area contributed by atoms with E-state index in [-0.39, 0.29) is 28.9 Å². The molecule has 108 valence electrons. The topological polar surface area (TPSA) is 109 Å². The third kappa shape index (κ3) is 3.15. The summed E-state index contributed by atoms with van der Waals surface area (Å²) < 4.78 is 49.4. The minimum Gasteiger partial charge on any atom is -0.281 e. The lowest BCUT2D eigenvalue weighted by molar-refractivity contribution is 0.542. The Hall–Kier alpha value is -0.930. The summed E-state index contributed by atoms with van der Waals surface area (Å²) in [5, 5.41) is 6.46. The Morgan fingerprint density at radius 2 is 2.11 bits per heavy atom. The molecule has 2 rings (SSSR count). The number of hydrogen-bond acceptors (Lipinski definition) is 5. The largest absolute Gasteiger partial charge is 0.281 e. The molecule has 19 heavy (non-hydrogen) atoms. The van der Waals surface area contributed by atoms with E-state index in [0.717, 1.165) is 0 Å². The first-order valence-electron chi connectivity index (χ1n) is 5.93. The summed E-state index contributed by atoms with van der Waals surface area (Å²) >= 11 is 0. The molecule has 9 heteroatoms. The number of hydrogen-bond donors (Lipinski definition) is 2. The normalized spacial score (nSPS) is 22.7. The Morgan fingerprint density at radius 1 is 1.42 bits per heavy atom. The molecule has 0 aromatic carbocycles. The molecule has 1 atom stereocenters. The molecule has 1 saturated heterocycles. The molecule has 0 saturated carbocycles. The van der Waals surface area contributed by atoms with Gasteiger partial charge in [0.1, 0.15) is 4.90 Å². The van der Waals surface area contributed by atoms with Crippen molar-refractivity contribution in [1.29, 1.82) is 0 Å². The fraction of sp³-hybridized carbons (Fsp3) is 0.700. The number of rotatable bonds is 4. The molecule has 2 N–H and O–H groups in total. The summed E-state index contributed by atoms with van der Waals surface area (Å²) in [7, 11) is -6.63. The maximum atomic E-state index is 12.1. The van der Waals surface area contributed by atoms with Gasteiger partial charge in [-0.1, -0.05) is 0 Å². The van der Waals surface area contributed by atoms with Gasteiger partial charge in [0.25, 0.3) is 0 Å². The molecular formula is C10H17N3O4S2. The molecule has 7 nitrogen and oxygen atoms in total. The molecule has 1 aromatic heterocycles. The van der Waals surface area contributed by atoms with Crippen LogP contribution in [-0.2, 0) is 19.9 Å². The zero-order valence-electron chi connectivity index (χ0n) is 10.8. The van der Waals surface area contributed by atoms with Crippen molar-refractivity contribution >= 4 is 19.9 Å². The quantitative estimate of drug-likeness (QED) is 0.796. The van der Waals surface area contributed by atoms with Crippen molar-refractivity contribution in [3.63, 3.8) is 0 Å². The number of H-pyrrole nitrogens is 1. The highest BCUT2D eigenvalue weighted by Crippen LogP contribution is 2.20. The van der Waals surface area contributed by atoms with Crippen molar-refractivity contribution in [3.05, 3.63) is 11.4 Å². The van der Waals surface area contributed by atoms with E-state index in [1.807, 2.05) is 0 Å². The third-order valence-electron chi connectivity index (χ3n) is 3.22. The molecule has 1 fully saturated rings. The van der Waals surface area contributed by atoms with Gasteiger partial charge in [-0.05, 0) is 26.2 Å². The van der Waals surface area contributed by atoms with Gasteiger partial charge in [-0.15, -0.1) is 0 Å². The van der Waals surface area contributed by atoms with Gasteiger partial charge >= 0.3 is 0 Å². The number of aromatic amines is 1. The standard InChI is InChI=1S/C10H17N3O4S2/c1-7-10(8(2)13-12-7)19(16,17)11-5-9-3-4-18(14,15)6-9/h9,11H,3-6H2,1-2H3,(H,12,13). The molecule has 0 spiro atoms. The Morgan fingerprint density at radius 3 is 2.58 bits per heavy atom. The fourth-order valence-electron chi connectivity index (χ4n) is 2.27. The maximum Gasteiger partial charge on any atom is 0.244 e. The van der Waals surface area contributed by atoms with E-state index >= 15 is 0 Å². The molecular weight excluding hydrogens is 290 g/mol. The summed E-state index contributed by atoms with van der Waals surface area (Å²) in [6.07, 6.45) is 0.508. The number of nitrogens with one attached hydrogen (secondary N) is 2. The van der Waals surface area contributed by atoms with Crippen LogP contribution in [0.25, 0.3) is 0 Å². The molecule has 0 radical (unpaired) electrons. The van der Waals surface area contributed by atoms with E-state index in [4.69, 9.17) is 0 Å². The van der Waals surface area contributed by atoms with Gasteiger partial charge in [0.2, 0.25) is 10.0 Å². The highest BCUT2D eigenvalue weighted by molar-refractivity contribution is 7.91. The second-order valence-corrected chi connectivity index (χ2v) is 8.82. The van der Waals surface area contributed by atoms with Crippen molar-refractivity contribution in [2.45, 2.75) is 25.2 Å². The first-order chi connectivity index (χ1) is 8.71. The van der Waals surface area contributed by atoms with E-state index in [9.17, 15) is 16.8 Å². The van der Waals surface area contributed by atoms with Crippen LogP contribution in [0, 0.1) is 19.8 Å². The lowest BCUT2D eigenvalue weighted by atomic mass is 10.1. The van der Waals surface area contributed by atoms with E-state index in [1.54, 1.807) is 13.8 Å². The summed E-state index contributed by atoms with van der Waals surface area (Å²) in [5.74, 6) is 0.0504. The molecule has 0 aliphatic carbocycles. The van der Waals surface area contributed by atoms with Gasteiger partial charge in [0.05, 0.1) is 22.9 Å². The van der Waals surface area contributed by atoms with E-state index in [1.165, 1.54) is 0 Å². The molecule has 1 aliphatic heterocycles. The minimum atomic E-state index is -3.64. The van der Waals surface area contributed by atoms with Crippen LogP contribution in [0.15, 0.2) is 4.90 Å². The Kier molecular flexibility index (Phi) is 3.72. The van der Waals surface area contributed by atoms with Crippen LogP contribution in [0.1, 0.15) is 17.8 Å². The first-order valence-corrected chi connectivity index (χ1v) is 9.23. The predicted molar refractivity (Wildman–Crippen MR) is 70.0 cm³/mol. The van der Waals surface area contributed by atoms with E-state index in [0.29, 0.717) is 17.8 Å². The highest BCUT2D eigenvalue weighted by atomic mass is 32.2. The second kappa shape index (κ2) is 4.88. The lowest BCUT2D eigenvalue weighted by Crippen LogP contribution is -2.30. The van der Waals surface area contributed by atoms with Gasteiger partial charge in [-0.25, -0.2) is 21.6 Å². The summed E-state index contributed by atoms with van der Waals surface area (Å²) in [6, 6.07) is 0. The molecule has 0 amide bonds. The zero-order chi connectivity index (χ0) is 14.3. The van der Waals surface area contributed by atoms with Crippen LogP contribution in [0.5, 0.6) is 0 Å². The van der Waals surface area contributed by atoms with Crippen molar-refractivity contribution in [1.82, 2.24) is 14.9 Å².